The number of hydrogen-bond acceptors (Lipinski definition) is 10. The molecule has 1 aromatic heterocycles. The monoisotopic (exact) mass is 618 g/mol. The maximum Gasteiger partial charge on any atom is 0.380 e. The number of rotatable bonds is 10. The lowest BCUT2D eigenvalue weighted by molar-refractivity contribution is -0.154. The number of esters is 1. The Morgan fingerprint density at radius 1 is 1.32 bits per heavy atom. The molecule has 14 heteroatoms. The maximum absolute atomic E-state index is 14.2. The van der Waals surface area contributed by atoms with Crippen LogP contribution in [0, 0.1) is 10.7 Å². The zero-order valence-corrected chi connectivity index (χ0v) is 24.5. The van der Waals surface area contributed by atoms with Crippen molar-refractivity contribution in [2.24, 2.45) is 5.92 Å². The molecule has 1 saturated heterocycles. The Morgan fingerprint density at radius 3 is 2.65 bits per heavy atom. The highest BCUT2D eigenvalue weighted by atomic mass is 35.5. The molecule has 0 amide bonds. The van der Waals surface area contributed by atoms with E-state index in [1.807, 2.05) is 0 Å². The normalized spacial score (nSPS) is 28.7. The minimum Gasteiger partial charge on any atom is -0.462 e. The molecule has 0 bridgehead atoms. The highest BCUT2D eigenvalue weighted by Crippen LogP contribution is 2.51. The predicted molar refractivity (Wildman–Crippen MR) is 149 cm³/mol. The number of carbonyl (C=O) groups excluding carboxylic acids is 1. The Morgan fingerprint density at radius 2 is 2.00 bits per heavy atom. The topological polar surface area (TPSA) is 149 Å². The number of nitrogens with zero attached hydrogens (tertiary/aromatic N) is 1. The lowest BCUT2D eigenvalue weighted by Crippen LogP contribution is -2.44. The van der Waals surface area contributed by atoms with Gasteiger partial charge in [0, 0.05) is 17.3 Å². The van der Waals surface area contributed by atoms with Crippen LogP contribution in [0.4, 0.5) is 0 Å². The van der Waals surface area contributed by atoms with Crippen LogP contribution in [0.15, 0.2) is 41.3 Å². The Bertz CT molecular complexity index is 1430. The molecule has 40 heavy (non-hydrogen) atoms. The summed E-state index contributed by atoms with van der Waals surface area (Å²) in [5.41, 5.74) is -2.64. The summed E-state index contributed by atoms with van der Waals surface area (Å²) in [7, 11) is -4.54. The molecule has 0 spiro atoms. The van der Waals surface area contributed by atoms with Crippen molar-refractivity contribution in [3.63, 3.8) is 0 Å². The summed E-state index contributed by atoms with van der Waals surface area (Å²) in [6, 6.07) is 6.85. The fourth-order valence-corrected chi connectivity index (χ4v) is 6.71. The van der Waals surface area contributed by atoms with E-state index in [1.165, 1.54) is 44.3 Å². The molecule has 1 aliphatic heterocycles. The van der Waals surface area contributed by atoms with E-state index in [-0.39, 0.29) is 16.6 Å². The van der Waals surface area contributed by atoms with Crippen molar-refractivity contribution >= 4 is 37.4 Å². The van der Waals surface area contributed by atoms with E-state index >= 15 is 0 Å². The summed E-state index contributed by atoms with van der Waals surface area (Å²) >= 11 is 11.1. The Kier molecular flexibility index (Phi) is 9.03. The molecular formula is C26H34ClN2O9PS. The quantitative estimate of drug-likeness (QED) is 0.199. The number of hydrogen-bond donors (Lipinski definition) is 3. The lowest BCUT2D eigenvalue weighted by atomic mass is 9.96. The van der Waals surface area contributed by atoms with Gasteiger partial charge in [-0.1, -0.05) is 24.9 Å². The summed E-state index contributed by atoms with van der Waals surface area (Å²) in [6.07, 6.45) is -0.467. The predicted octanol–water partition coefficient (Wildman–Crippen LogP) is 4.37. The summed E-state index contributed by atoms with van der Waals surface area (Å²) in [5, 5.41) is 22.4. The Labute approximate surface area is 244 Å². The molecule has 2 heterocycles. The number of aromatic nitrogens is 2. The van der Waals surface area contributed by atoms with Crippen molar-refractivity contribution < 1.29 is 40.8 Å². The number of aromatic amines is 1. The zero-order valence-electron chi connectivity index (χ0n) is 24.0. The smallest absolute Gasteiger partial charge is 0.380 e. The third kappa shape index (κ3) is 7.42. The van der Waals surface area contributed by atoms with E-state index in [4.69, 9.17) is 45.1 Å². The second-order valence-corrected chi connectivity index (χ2v) is 13.0. The first-order chi connectivity index (χ1) is 19.6. The van der Waals surface area contributed by atoms with Gasteiger partial charge in [-0.3, -0.25) is 23.7 Å². The lowest BCUT2D eigenvalue weighted by Gasteiger charge is -2.28. The largest absolute Gasteiger partial charge is 0.462 e. The van der Waals surface area contributed by atoms with Crippen LogP contribution in [0.5, 0.6) is 5.75 Å². The van der Waals surface area contributed by atoms with Crippen molar-refractivity contribution in [2.45, 2.75) is 76.1 Å². The summed E-state index contributed by atoms with van der Waals surface area (Å²) in [5.74, 6) is -1.60. The van der Waals surface area contributed by atoms with Crippen LogP contribution >= 0.6 is 31.4 Å². The second-order valence-electron chi connectivity index (χ2n) is 10.2. The molecule has 1 unspecified atom stereocenters. The van der Waals surface area contributed by atoms with E-state index in [0.717, 1.165) is 42.7 Å². The van der Waals surface area contributed by atoms with Gasteiger partial charge in [-0.25, -0.2) is 4.57 Å². The zero-order chi connectivity index (χ0) is 30.9. The van der Waals surface area contributed by atoms with Gasteiger partial charge in [0.05, 0.1) is 21.4 Å². The number of aliphatic hydroxyl groups excluding tert-OH is 1. The third-order valence-electron chi connectivity index (χ3n) is 6.87. The fourth-order valence-electron chi connectivity index (χ4n) is 4.61. The molecule has 4 rings (SSSR count). The minimum absolute atomic E-state index is 0.0312. The van der Waals surface area contributed by atoms with Gasteiger partial charge in [0.25, 0.3) is 5.56 Å². The Balaban J connectivity index is 1.59. The van der Waals surface area contributed by atoms with Gasteiger partial charge in [0.2, 0.25) is 0 Å². The summed E-state index contributed by atoms with van der Waals surface area (Å²) in [6.45, 7) is -0.364. The van der Waals surface area contributed by atoms with Crippen LogP contribution in [-0.2, 0) is 23.4 Å². The van der Waals surface area contributed by atoms with Crippen LogP contribution in [0.3, 0.4) is 0 Å². The number of halogens is 1. The van der Waals surface area contributed by atoms with Gasteiger partial charge in [0.15, 0.2) is 11.0 Å². The molecule has 1 saturated carbocycles. The van der Waals surface area contributed by atoms with Crippen LogP contribution in [0.2, 0.25) is 5.02 Å². The minimum atomic E-state index is -4.54. The first-order valence-corrected chi connectivity index (χ1v) is 15.5. The SMILES string of the molecule is [2H]C([2H])(O[P@@](=O)(C[C@@H](C)C(=O)OC1CCCCC1)Oc1ccc(Cl)cc1)[C@H]1O[C@@H](n2ccc(=O)[nH]c2=S)C(C)(O)[C@H]1O. The third-order valence-corrected chi connectivity index (χ3v) is 9.30. The average Bonchev–Trinajstić information content (AvgIpc) is 3.14. The van der Waals surface area contributed by atoms with Gasteiger partial charge in [-0.15, -0.1) is 0 Å². The van der Waals surface area contributed by atoms with Crippen LogP contribution in [0.1, 0.15) is 54.9 Å². The highest BCUT2D eigenvalue weighted by Gasteiger charge is 2.53. The van der Waals surface area contributed by atoms with Crippen LogP contribution < -0.4 is 10.1 Å². The first kappa shape index (κ1) is 28.1. The van der Waals surface area contributed by atoms with E-state index in [0.29, 0.717) is 5.02 Å². The number of nitrogens with one attached hydrogen (secondary N) is 1. The molecule has 6 atom stereocenters. The Hall–Kier alpha value is -2.05. The van der Waals surface area contributed by atoms with E-state index < -0.39 is 61.8 Å². The van der Waals surface area contributed by atoms with Gasteiger partial charge in [-0.2, -0.15) is 0 Å². The highest BCUT2D eigenvalue weighted by molar-refractivity contribution is 7.71. The molecule has 1 aromatic carbocycles. The van der Waals surface area contributed by atoms with E-state index in [9.17, 15) is 24.4 Å². The van der Waals surface area contributed by atoms with Gasteiger partial charge >= 0.3 is 13.6 Å². The van der Waals surface area contributed by atoms with E-state index in [2.05, 4.69) is 4.98 Å². The molecule has 3 N–H and O–H groups in total. The molecule has 2 aliphatic rings. The number of benzene rings is 1. The summed E-state index contributed by atoms with van der Waals surface area (Å²) < 4.78 is 54.9. The van der Waals surface area contributed by atoms with E-state index in [1.54, 1.807) is 0 Å². The van der Waals surface area contributed by atoms with Crippen LogP contribution in [-0.4, -0.2) is 62.4 Å². The van der Waals surface area contributed by atoms with Crippen molar-refractivity contribution in [1.29, 1.82) is 0 Å². The molecule has 220 valence electrons. The average molecular weight is 619 g/mol. The van der Waals surface area contributed by atoms with Gasteiger partial charge < -0.3 is 24.2 Å². The maximum atomic E-state index is 14.2. The molecule has 11 nitrogen and oxygen atoms in total. The first-order valence-electron chi connectivity index (χ1n) is 13.9. The van der Waals surface area contributed by atoms with Gasteiger partial charge in [0.1, 0.15) is 29.7 Å². The molecular weight excluding hydrogens is 583 g/mol. The number of carbonyl (C=O) groups is 1. The molecule has 0 radical (unpaired) electrons. The molecule has 1 aliphatic carbocycles. The number of aliphatic hydroxyl groups is 2. The standard InChI is InChI=1S/C26H34ClN2O9PS/c1-16(23(32)36-18-6-4-3-5-7-18)15-39(34,38-19-10-8-17(27)9-11-19)35-14-20-22(31)26(2,33)24(37-20)29-13-12-21(30)28-25(29)40/h8-13,16,18,20,22,24,31,33H,3-7,14-15H2,1-2H3,(H,28,30,40)/t16-,20-,22+,24-,26?,39+/m1/s1/i14D2. The number of H-pyrrole nitrogens is 1. The van der Waals surface area contributed by atoms with Crippen LogP contribution in [0.25, 0.3) is 0 Å². The summed E-state index contributed by atoms with van der Waals surface area (Å²) in [4.78, 5) is 26.9. The number of ether oxygens (including phenoxy) is 2. The van der Waals surface area contributed by atoms with Crippen molar-refractivity contribution in [1.82, 2.24) is 9.55 Å². The molecule has 2 fully saturated rings. The van der Waals surface area contributed by atoms with Gasteiger partial charge in [-0.05, 0) is 69.1 Å². The van der Waals surface area contributed by atoms with Crippen molar-refractivity contribution in [3.8, 4) is 5.75 Å². The van der Waals surface area contributed by atoms with Crippen molar-refractivity contribution in [3.05, 3.63) is 56.7 Å². The fraction of sp³-hybridized carbons (Fsp3) is 0.577. The second kappa shape index (κ2) is 12.9. The van der Waals surface area contributed by atoms with Crippen molar-refractivity contribution in [2.75, 3.05) is 12.7 Å². The molecule has 2 aromatic rings.